The summed E-state index contributed by atoms with van der Waals surface area (Å²) in [5.41, 5.74) is 9.87. The molecular formula is C12H18N2O. The Balaban J connectivity index is 2.97. The van der Waals surface area contributed by atoms with E-state index in [0.29, 0.717) is 0 Å². The number of rotatable bonds is 2. The van der Waals surface area contributed by atoms with E-state index in [1.807, 2.05) is 26.0 Å². The molecule has 15 heavy (non-hydrogen) atoms. The summed E-state index contributed by atoms with van der Waals surface area (Å²) in [5.74, 6) is -0.152. The molecular weight excluding hydrogens is 188 g/mol. The molecule has 1 unspecified atom stereocenters. The Hall–Kier alpha value is -1.35. The third-order valence-electron chi connectivity index (χ3n) is 2.73. The first-order valence-electron chi connectivity index (χ1n) is 5.06. The summed E-state index contributed by atoms with van der Waals surface area (Å²) >= 11 is 0. The van der Waals surface area contributed by atoms with Crippen LogP contribution >= 0.6 is 0 Å². The predicted octanol–water partition coefficient (Wildman–Crippen LogP) is 1.90. The van der Waals surface area contributed by atoms with E-state index in [0.717, 1.165) is 11.3 Å². The van der Waals surface area contributed by atoms with Crippen molar-refractivity contribution in [3.8, 4) is 0 Å². The van der Waals surface area contributed by atoms with Gasteiger partial charge in [-0.05, 0) is 50.5 Å². The summed E-state index contributed by atoms with van der Waals surface area (Å²) in [6, 6.07) is 3.43. The molecule has 0 saturated carbocycles. The van der Waals surface area contributed by atoms with Crippen LogP contribution in [0.3, 0.4) is 0 Å². The second kappa shape index (κ2) is 4.45. The highest BCUT2D eigenvalue weighted by Crippen LogP contribution is 2.21. The number of carbonyl (C=O) groups is 1. The fourth-order valence-electron chi connectivity index (χ4n) is 1.34. The van der Waals surface area contributed by atoms with E-state index in [1.54, 1.807) is 6.92 Å². The van der Waals surface area contributed by atoms with Gasteiger partial charge >= 0.3 is 0 Å². The Morgan fingerprint density at radius 2 is 1.87 bits per heavy atom. The molecule has 1 amide bonds. The minimum absolute atomic E-state index is 0.152. The number of amides is 1. The van der Waals surface area contributed by atoms with E-state index in [9.17, 15) is 4.79 Å². The van der Waals surface area contributed by atoms with E-state index in [1.165, 1.54) is 11.1 Å². The zero-order valence-electron chi connectivity index (χ0n) is 9.72. The van der Waals surface area contributed by atoms with Crippen molar-refractivity contribution in [2.45, 2.75) is 33.7 Å². The van der Waals surface area contributed by atoms with E-state index in [4.69, 9.17) is 5.73 Å². The number of carbonyl (C=O) groups excluding carboxylic acids is 1. The molecule has 0 fully saturated rings. The molecule has 3 N–H and O–H groups in total. The van der Waals surface area contributed by atoms with Gasteiger partial charge in [0.25, 0.3) is 0 Å². The lowest BCUT2D eigenvalue weighted by molar-refractivity contribution is -0.117. The molecule has 3 heteroatoms. The van der Waals surface area contributed by atoms with Crippen molar-refractivity contribution in [2.75, 3.05) is 5.32 Å². The summed E-state index contributed by atoms with van der Waals surface area (Å²) in [6.07, 6.45) is 0. The largest absolute Gasteiger partial charge is 0.324 e. The maximum absolute atomic E-state index is 11.4. The van der Waals surface area contributed by atoms with Crippen molar-refractivity contribution in [3.05, 3.63) is 28.8 Å². The lowest BCUT2D eigenvalue weighted by atomic mass is 10.0. The van der Waals surface area contributed by atoms with Crippen molar-refractivity contribution < 1.29 is 4.79 Å². The van der Waals surface area contributed by atoms with Gasteiger partial charge in [-0.25, -0.2) is 0 Å². The van der Waals surface area contributed by atoms with Crippen LogP contribution in [0, 0.1) is 20.8 Å². The number of hydrogen-bond donors (Lipinski definition) is 2. The number of anilines is 1. The van der Waals surface area contributed by atoms with Gasteiger partial charge in [0.2, 0.25) is 5.91 Å². The van der Waals surface area contributed by atoms with E-state index in [-0.39, 0.29) is 5.91 Å². The van der Waals surface area contributed by atoms with Crippen LogP contribution in [0.25, 0.3) is 0 Å². The van der Waals surface area contributed by atoms with Crippen LogP contribution in [0.1, 0.15) is 23.6 Å². The highest BCUT2D eigenvalue weighted by molar-refractivity contribution is 5.95. The first-order chi connectivity index (χ1) is 6.93. The number of hydrogen-bond acceptors (Lipinski definition) is 2. The van der Waals surface area contributed by atoms with Gasteiger partial charge in [0.15, 0.2) is 0 Å². The third-order valence-corrected chi connectivity index (χ3v) is 2.73. The first kappa shape index (κ1) is 11.7. The van der Waals surface area contributed by atoms with Crippen LogP contribution in [0.2, 0.25) is 0 Å². The molecule has 0 aliphatic carbocycles. The van der Waals surface area contributed by atoms with Gasteiger partial charge in [0.1, 0.15) is 0 Å². The Morgan fingerprint density at radius 3 is 2.40 bits per heavy atom. The Labute approximate surface area is 90.7 Å². The van der Waals surface area contributed by atoms with Gasteiger partial charge < -0.3 is 11.1 Å². The molecule has 0 saturated heterocycles. The number of aryl methyl sites for hydroxylation is 1. The summed E-state index contributed by atoms with van der Waals surface area (Å²) in [6.45, 7) is 7.77. The smallest absolute Gasteiger partial charge is 0.241 e. The van der Waals surface area contributed by atoms with Crippen LogP contribution in [0.4, 0.5) is 5.69 Å². The average molecular weight is 206 g/mol. The molecule has 0 bridgehead atoms. The maximum atomic E-state index is 11.4. The van der Waals surface area contributed by atoms with Crippen molar-refractivity contribution in [2.24, 2.45) is 5.73 Å². The third kappa shape index (κ3) is 2.57. The van der Waals surface area contributed by atoms with Gasteiger partial charge in [-0.15, -0.1) is 0 Å². The number of nitrogens with one attached hydrogen (secondary N) is 1. The molecule has 3 nitrogen and oxygen atoms in total. The fourth-order valence-corrected chi connectivity index (χ4v) is 1.34. The normalized spacial score (nSPS) is 12.3. The fraction of sp³-hybridized carbons (Fsp3) is 0.417. The van der Waals surface area contributed by atoms with Crippen LogP contribution in [0.5, 0.6) is 0 Å². The lowest BCUT2D eigenvalue weighted by Crippen LogP contribution is -2.32. The second-order valence-corrected chi connectivity index (χ2v) is 3.96. The molecule has 1 aromatic rings. The molecule has 0 heterocycles. The number of benzene rings is 1. The maximum Gasteiger partial charge on any atom is 0.241 e. The summed E-state index contributed by atoms with van der Waals surface area (Å²) in [7, 11) is 0. The molecule has 0 aliphatic rings. The second-order valence-electron chi connectivity index (χ2n) is 3.96. The van der Waals surface area contributed by atoms with Gasteiger partial charge in [0, 0.05) is 5.69 Å². The zero-order chi connectivity index (χ0) is 11.6. The molecule has 1 rings (SSSR count). The Morgan fingerprint density at radius 1 is 1.27 bits per heavy atom. The summed E-state index contributed by atoms with van der Waals surface area (Å²) < 4.78 is 0. The standard InChI is InChI=1S/C12H18N2O/c1-7-5-6-11(9(3)8(7)2)14-12(15)10(4)13/h5-6,10H,13H2,1-4H3,(H,14,15). The van der Waals surface area contributed by atoms with Gasteiger partial charge in [-0.1, -0.05) is 6.07 Å². The average Bonchev–Trinajstić information content (AvgIpc) is 2.18. The van der Waals surface area contributed by atoms with Gasteiger partial charge in [-0.3, -0.25) is 4.79 Å². The molecule has 0 spiro atoms. The monoisotopic (exact) mass is 206 g/mol. The van der Waals surface area contributed by atoms with Crippen LogP contribution in [-0.4, -0.2) is 11.9 Å². The van der Waals surface area contributed by atoms with E-state index in [2.05, 4.69) is 12.2 Å². The topological polar surface area (TPSA) is 55.1 Å². The molecule has 1 atom stereocenters. The SMILES string of the molecule is Cc1ccc(NC(=O)C(C)N)c(C)c1C. The lowest BCUT2D eigenvalue weighted by Gasteiger charge is -2.13. The molecule has 0 aromatic heterocycles. The predicted molar refractivity (Wildman–Crippen MR) is 62.9 cm³/mol. The highest BCUT2D eigenvalue weighted by atomic mass is 16.2. The van der Waals surface area contributed by atoms with Crippen molar-refractivity contribution in [1.82, 2.24) is 0 Å². The van der Waals surface area contributed by atoms with Crippen LogP contribution < -0.4 is 11.1 Å². The van der Waals surface area contributed by atoms with Crippen LogP contribution in [0.15, 0.2) is 12.1 Å². The minimum atomic E-state index is -0.481. The van der Waals surface area contributed by atoms with Gasteiger partial charge in [-0.2, -0.15) is 0 Å². The molecule has 1 aromatic carbocycles. The molecule has 0 aliphatic heterocycles. The van der Waals surface area contributed by atoms with Crippen molar-refractivity contribution in [1.29, 1.82) is 0 Å². The number of nitrogens with two attached hydrogens (primary N) is 1. The van der Waals surface area contributed by atoms with Crippen LogP contribution in [-0.2, 0) is 4.79 Å². The Kier molecular flexibility index (Phi) is 3.48. The van der Waals surface area contributed by atoms with E-state index >= 15 is 0 Å². The first-order valence-corrected chi connectivity index (χ1v) is 5.06. The highest BCUT2D eigenvalue weighted by Gasteiger charge is 2.10. The summed E-state index contributed by atoms with van der Waals surface area (Å²) in [5, 5.41) is 2.81. The van der Waals surface area contributed by atoms with Crippen molar-refractivity contribution in [3.63, 3.8) is 0 Å². The van der Waals surface area contributed by atoms with Crippen molar-refractivity contribution >= 4 is 11.6 Å². The molecule has 82 valence electrons. The quantitative estimate of drug-likeness (QED) is 0.776. The molecule has 0 radical (unpaired) electrons. The zero-order valence-corrected chi connectivity index (χ0v) is 9.72. The minimum Gasteiger partial charge on any atom is -0.324 e. The summed E-state index contributed by atoms with van der Waals surface area (Å²) in [4.78, 5) is 11.4. The van der Waals surface area contributed by atoms with E-state index < -0.39 is 6.04 Å². The van der Waals surface area contributed by atoms with Gasteiger partial charge in [0.05, 0.1) is 6.04 Å². The Bertz CT molecular complexity index is 383.